The molecular weight excluding hydrogens is 274 g/mol. The standard InChI is InChI=1S/C10H11N3O5S/c1-5-8(10(14)15)9(6(2)18-5)19(16,17)13-7-3-4-11-12-7/h3-4H,1-2H3,(H,14,15)(H2,11,12,13). The molecule has 0 aliphatic heterocycles. The average Bonchev–Trinajstić information content (AvgIpc) is 2.85. The Bertz CT molecular complexity index is 715. The molecule has 0 amide bonds. The number of sulfonamides is 1. The van der Waals surface area contributed by atoms with Crippen molar-refractivity contribution in [3.05, 3.63) is 29.3 Å². The Kier molecular flexibility index (Phi) is 3.06. The minimum absolute atomic E-state index is 0.0157. The smallest absolute Gasteiger partial charge is 0.340 e. The van der Waals surface area contributed by atoms with Crippen LogP contribution in [-0.2, 0) is 10.0 Å². The fourth-order valence-electron chi connectivity index (χ4n) is 1.74. The molecule has 0 aliphatic rings. The number of aromatic carboxylic acids is 1. The molecule has 0 aromatic carbocycles. The van der Waals surface area contributed by atoms with Crippen molar-refractivity contribution in [2.24, 2.45) is 0 Å². The number of rotatable bonds is 4. The van der Waals surface area contributed by atoms with Crippen LogP contribution >= 0.6 is 0 Å². The molecule has 8 nitrogen and oxygen atoms in total. The zero-order chi connectivity index (χ0) is 14.2. The van der Waals surface area contributed by atoms with Crippen LogP contribution in [0.3, 0.4) is 0 Å². The number of carbonyl (C=O) groups is 1. The van der Waals surface area contributed by atoms with Crippen molar-refractivity contribution in [1.29, 1.82) is 0 Å². The van der Waals surface area contributed by atoms with Gasteiger partial charge in [-0.15, -0.1) is 0 Å². The molecule has 102 valence electrons. The van der Waals surface area contributed by atoms with E-state index >= 15 is 0 Å². The van der Waals surface area contributed by atoms with Crippen molar-refractivity contribution in [3.63, 3.8) is 0 Å². The molecule has 0 saturated heterocycles. The van der Waals surface area contributed by atoms with Gasteiger partial charge in [-0.2, -0.15) is 5.10 Å². The van der Waals surface area contributed by atoms with Gasteiger partial charge in [0.2, 0.25) is 0 Å². The van der Waals surface area contributed by atoms with Crippen LogP contribution in [0.4, 0.5) is 5.82 Å². The molecule has 3 N–H and O–H groups in total. The molecular formula is C10H11N3O5S. The number of H-pyrrole nitrogens is 1. The van der Waals surface area contributed by atoms with E-state index in [2.05, 4.69) is 14.9 Å². The predicted octanol–water partition coefficient (Wildman–Crippen LogP) is 1.12. The van der Waals surface area contributed by atoms with Crippen LogP contribution in [0, 0.1) is 13.8 Å². The lowest BCUT2D eigenvalue weighted by molar-refractivity contribution is 0.0691. The highest BCUT2D eigenvalue weighted by Crippen LogP contribution is 2.27. The second-order valence-corrected chi connectivity index (χ2v) is 5.42. The first-order valence-electron chi connectivity index (χ1n) is 5.18. The lowest BCUT2D eigenvalue weighted by atomic mass is 10.2. The van der Waals surface area contributed by atoms with Gasteiger partial charge in [0.15, 0.2) is 0 Å². The molecule has 0 aliphatic carbocycles. The number of nitrogens with one attached hydrogen (secondary N) is 2. The van der Waals surface area contributed by atoms with Crippen molar-refractivity contribution in [2.75, 3.05) is 4.72 Å². The molecule has 0 radical (unpaired) electrons. The van der Waals surface area contributed by atoms with Crippen molar-refractivity contribution in [1.82, 2.24) is 10.2 Å². The Labute approximate surface area is 108 Å². The van der Waals surface area contributed by atoms with Gasteiger partial charge in [-0.05, 0) is 13.8 Å². The quantitative estimate of drug-likeness (QED) is 0.772. The van der Waals surface area contributed by atoms with Gasteiger partial charge in [0, 0.05) is 6.07 Å². The summed E-state index contributed by atoms with van der Waals surface area (Å²) in [5.74, 6) is -1.18. The predicted molar refractivity (Wildman–Crippen MR) is 64.5 cm³/mol. The monoisotopic (exact) mass is 285 g/mol. The zero-order valence-electron chi connectivity index (χ0n) is 10.1. The maximum atomic E-state index is 12.2. The van der Waals surface area contributed by atoms with Gasteiger partial charge in [0.25, 0.3) is 10.0 Å². The topological polar surface area (TPSA) is 125 Å². The Morgan fingerprint density at radius 2 is 2.11 bits per heavy atom. The van der Waals surface area contributed by atoms with Crippen LogP contribution in [0.5, 0.6) is 0 Å². The van der Waals surface area contributed by atoms with Crippen LogP contribution in [-0.4, -0.2) is 29.7 Å². The summed E-state index contributed by atoms with van der Waals surface area (Å²) in [5, 5.41) is 15.1. The van der Waals surface area contributed by atoms with Gasteiger partial charge in [0.05, 0.1) is 6.20 Å². The second-order valence-electron chi connectivity index (χ2n) is 3.80. The third-order valence-electron chi connectivity index (χ3n) is 2.43. The van der Waals surface area contributed by atoms with Crippen molar-refractivity contribution in [2.45, 2.75) is 18.7 Å². The minimum Gasteiger partial charge on any atom is -0.478 e. The first-order chi connectivity index (χ1) is 8.83. The molecule has 0 fully saturated rings. The highest BCUT2D eigenvalue weighted by Gasteiger charge is 2.31. The SMILES string of the molecule is Cc1oc(C)c(S(=O)(=O)Nc2ccn[nH]2)c1C(=O)O. The molecule has 9 heteroatoms. The summed E-state index contributed by atoms with van der Waals surface area (Å²) in [4.78, 5) is 10.8. The molecule has 0 unspecified atom stereocenters. The Balaban J connectivity index is 2.55. The van der Waals surface area contributed by atoms with Crippen LogP contribution in [0.25, 0.3) is 0 Å². The van der Waals surface area contributed by atoms with E-state index in [1.807, 2.05) is 0 Å². The van der Waals surface area contributed by atoms with Crippen LogP contribution < -0.4 is 4.72 Å². The number of anilines is 1. The molecule has 2 aromatic rings. The fraction of sp³-hybridized carbons (Fsp3) is 0.200. The van der Waals surface area contributed by atoms with Gasteiger partial charge in [-0.1, -0.05) is 0 Å². The molecule has 19 heavy (non-hydrogen) atoms. The maximum absolute atomic E-state index is 12.2. The Hall–Kier alpha value is -2.29. The van der Waals surface area contributed by atoms with Crippen LogP contribution in [0.1, 0.15) is 21.9 Å². The largest absolute Gasteiger partial charge is 0.478 e. The molecule has 0 spiro atoms. The number of aryl methyl sites for hydroxylation is 2. The Morgan fingerprint density at radius 1 is 1.42 bits per heavy atom. The first kappa shape index (κ1) is 13.1. The van der Waals surface area contributed by atoms with E-state index < -0.39 is 16.0 Å². The highest BCUT2D eigenvalue weighted by molar-refractivity contribution is 7.92. The highest BCUT2D eigenvalue weighted by atomic mass is 32.2. The van der Waals surface area contributed by atoms with E-state index in [1.165, 1.54) is 26.1 Å². The second kappa shape index (κ2) is 4.43. The lowest BCUT2D eigenvalue weighted by Crippen LogP contribution is -2.17. The van der Waals surface area contributed by atoms with E-state index in [0.29, 0.717) is 0 Å². The number of carboxylic acids is 1. The summed E-state index contributed by atoms with van der Waals surface area (Å²) >= 11 is 0. The number of nitrogens with zero attached hydrogens (tertiary/aromatic N) is 1. The Morgan fingerprint density at radius 3 is 2.63 bits per heavy atom. The maximum Gasteiger partial charge on any atom is 0.340 e. The van der Waals surface area contributed by atoms with E-state index in [0.717, 1.165) is 0 Å². The van der Waals surface area contributed by atoms with Crippen molar-refractivity contribution in [3.8, 4) is 0 Å². The summed E-state index contributed by atoms with van der Waals surface area (Å²) < 4.78 is 31.6. The van der Waals surface area contributed by atoms with Gasteiger partial charge in [0.1, 0.15) is 27.8 Å². The number of carboxylic acid groups (broad SMARTS) is 1. The van der Waals surface area contributed by atoms with Crippen LogP contribution in [0.15, 0.2) is 21.6 Å². The number of furan rings is 1. The first-order valence-corrected chi connectivity index (χ1v) is 6.66. The molecule has 2 rings (SSSR count). The van der Waals surface area contributed by atoms with Gasteiger partial charge >= 0.3 is 5.97 Å². The molecule has 0 atom stereocenters. The molecule has 2 aromatic heterocycles. The van der Waals surface area contributed by atoms with Crippen LogP contribution in [0.2, 0.25) is 0 Å². The van der Waals surface area contributed by atoms with E-state index in [4.69, 9.17) is 9.52 Å². The zero-order valence-corrected chi connectivity index (χ0v) is 10.9. The molecule has 2 heterocycles. The number of hydrogen-bond acceptors (Lipinski definition) is 5. The van der Waals surface area contributed by atoms with E-state index in [1.54, 1.807) is 0 Å². The normalized spacial score (nSPS) is 11.5. The third-order valence-corrected chi connectivity index (χ3v) is 3.95. The van der Waals surface area contributed by atoms with E-state index in [-0.39, 0.29) is 27.8 Å². The number of aromatic amines is 1. The third kappa shape index (κ3) is 2.32. The fourth-order valence-corrected chi connectivity index (χ4v) is 3.17. The minimum atomic E-state index is -4.06. The summed E-state index contributed by atoms with van der Waals surface area (Å²) in [7, 11) is -4.06. The average molecular weight is 285 g/mol. The number of hydrogen-bond donors (Lipinski definition) is 3. The number of aromatic nitrogens is 2. The lowest BCUT2D eigenvalue weighted by Gasteiger charge is -2.05. The van der Waals surface area contributed by atoms with Gasteiger partial charge < -0.3 is 9.52 Å². The summed E-state index contributed by atoms with van der Waals surface area (Å²) in [6, 6.07) is 1.40. The van der Waals surface area contributed by atoms with Crippen molar-refractivity contribution >= 4 is 21.8 Å². The molecule has 0 bridgehead atoms. The molecule has 0 saturated carbocycles. The van der Waals surface area contributed by atoms with Gasteiger partial charge in [-0.25, -0.2) is 13.2 Å². The van der Waals surface area contributed by atoms with E-state index in [9.17, 15) is 13.2 Å². The summed E-state index contributed by atoms with van der Waals surface area (Å²) in [6.45, 7) is 2.78. The van der Waals surface area contributed by atoms with Gasteiger partial charge in [-0.3, -0.25) is 9.82 Å². The van der Waals surface area contributed by atoms with Crippen molar-refractivity contribution < 1.29 is 22.7 Å². The summed E-state index contributed by atoms with van der Waals surface area (Å²) in [6.07, 6.45) is 1.36. The summed E-state index contributed by atoms with van der Waals surface area (Å²) in [5.41, 5.74) is -0.371.